The number of esters is 1. The Kier molecular flexibility index (Phi) is 8.40. The van der Waals surface area contributed by atoms with Crippen molar-refractivity contribution in [3.63, 3.8) is 0 Å². The van der Waals surface area contributed by atoms with Gasteiger partial charge in [0.15, 0.2) is 5.17 Å². The molecule has 184 valence electrons. The third-order valence-corrected chi connectivity index (χ3v) is 6.73. The molecule has 1 aliphatic heterocycles. The highest BCUT2D eigenvalue weighted by Crippen LogP contribution is 2.31. The molecule has 0 unspecified atom stereocenters. The fraction of sp³-hybridized carbons (Fsp3) is 0.185. The monoisotopic (exact) mass is 521 g/mol. The average Bonchev–Trinajstić information content (AvgIpc) is 2.87. The lowest BCUT2D eigenvalue weighted by molar-refractivity contribution is -0.129. The van der Waals surface area contributed by atoms with Gasteiger partial charge in [-0.2, -0.15) is 0 Å². The molecule has 9 heteroatoms. The van der Waals surface area contributed by atoms with Gasteiger partial charge in [-0.15, -0.1) is 0 Å². The first-order valence-electron chi connectivity index (χ1n) is 11.4. The van der Waals surface area contributed by atoms with Gasteiger partial charge in [-0.1, -0.05) is 59.8 Å². The van der Waals surface area contributed by atoms with Crippen LogP contribution in [0.3, 0.4) is 0 Å². The Balaban J connectivity index is 1.59. The molecule has 1 aliphatic rings. The molecule has 3 aromatic rings. The standard InChI is InChI=1S/C27H24ClN3O4S/c1-2-35-26(34)19-11-13-21(14-12-19)30-27-31(17-18-7-4-3-5-8-18)24(32)16-23(36-27)25(33)29-22-10-6-9-20(28)15-22/h3-15,23H,2,16-17H2,1H3,(H,29,33)/t23-/m1/s1. The summed E-state index contributed by atoms with van der Waals surface area (Å²) >= 11 is 7.26. The summed E-state index contributed by atoms with van der Waals surface area (Å²) in [7, 11) is 0. The Morgan fingerprint density at radius 3 is 2.53 bits per heavy atom. The van der Waals surface area contributed by atoms with Gasteiger partial charge in [-0.05, 0) is 55.0 Å². The fourth-order valence-electron chi connectivity index (χ4n) is 3.55. The van der Waals surface area contributed by atoms with Gasteiger partial charge in [0.05, 0.1) is 24.4 Å². The maximum Gasteiger partial charge on any atom is 0.338 e. The average molecular weight is 522 g/mol. The van der Waals surface area contributed by atoms with Crippen LogP contribution < -0.4 is 5.32 Å². The minimum absolute atomic E-state index is 0.0325. The quantitative estimate of drug-likeness (QED) is 0.404. The minimum atomic E-state index is -0.666. The molecule has 1 fully saturated rings. The van der Waals surface area contributed by atoms with E-state index < -0.39 is 11.2 Å². The molecule has 0 radical (unpaired) electrons. The molecule has 4 rings (SSSR count). The van der Waals surface area contributed by atoms with E-state index in [0.29, 0.717) is 33.7 Å². The van der Waals surface area contributed by atoms with E-state index in [9.17, 15) is 14.4 Å². The predicted molar refractivity (Wildman–Crippen MR) is 143 cm³/mol. The first kappa shape index (κ1) is 25.5. The summed E-state index contributed by atoms with van der Waals surface area (Å²) in [6.45, 7) is 2.36. The van der Waals surface area contributed by atoms with E-state index in [1.807, 2.05) is 30.3 Å². The maximum atomic E-state index is 13.2. The number of benzene rings is 3. The summed E-state index contributed by atoms with van der Waals surface area (Å²) in [5, 5.41) is 3.08. The molecular formula is C27H24ClN3O4S. The summed E-state index contributed by atoms with van der Waals surface area (Å²) in [6.07, 6.45) is 0.0325. The summed E-state index contributed by atoms with van der Waals surface area (Å²) in [5.41, 5.74) is 2.46. The second-order valence-corrected chi connectivity index (χ2v) is 9.54. The lowest BCUT2D eigenvalue weighted by atomic mass is 10.2. The van der Waals surface area contributed by atoms with Gasteiger partial charge < -0.3 is 10.1 Å². The molecule has 0 spiro atoms. The maximum absolute atomic E-state index is 13.2. The Hall–Kier alpha value is -3.62. The molecule has 7 nitrogen and oxygen atoms in total. The number of ether oxygens (including phenoxy) is 1. The van der Waals surface area contributed by atoms with Crippen LogP contribution in [0.25, 0.3) is 0 Å². The second-order valence-electron chi connectivity index (χ2n) is 7.94. The fourth-order valence-corrected chi connectivity index (χ4v) is 4.84. The molecule has 36 heavy (non-hydrogen) atoms. The number of hydrogen-bond acceptors (Lipinski definition) is 6. The van der Waals surface area contributed by atoms with Crippen LogP contribution in [0.2, 0.25) is 5.02 Å². The van der Waals surface area contributed by atoms with Gasteiger partial charge in [-0.3, -0.25) is 14.5 Å². The zero-order valence-electron chi connectivity index (χ0n) is 19.5. The van der Waals surface area contributed by atoms with Gasteiger partial charge in [0.1, 0.15) is 5.25 Å². The predicted octanol–water partition coefficient (Wildman–Crippen LogP) is 5.68. The largest absolute Gasteiger partial charge is 0.462 e. The van der Waals surface area contributed by atoms with Crippen molar-refractivity contribution in [3.8, 4) is 0 Å². The van der Waals surface area contributed by atoms with Crippen LogP contribution in [0.1, 0.15) is 29.3 Å². The van der Waals surface area contributed by atoms with Crippen LogP contribution in [0.4, 0.5) is 11.4 Å². The lowest BCUT2D eigenvalue weighted by Gasteiger charge is -2.32. The zero-order chi connectivity index (χ0) is 25.5. The number of thioether (sulfide) groups is 1. The van der Waals surface area contributed by atoms with Gasteiger partial charge in [0, 0.05) is 17.1 Å². The Morgan fingerprint density at radius 1 is 1.08 bits per heavy atom. The highest BCUT2D eigenvalue weighted by atomic mass is 35.5. The van der Waals surface area contributed by atoms with Gasteiger partial charge in [-0.25, -0.2) is 9.79 Å². The number of nitrogens with one attached hydrogen (secondary N) is 1. The summed E-state index contributed by atoms with van der Waals surface area (Å²) in [4.78, 5) is 44.5. The van der Waals surface area contributed by atoms with Crippen molar-refractivity contribution < 1.29 is 19.1 Å². The van der Waals surface area contributed by atoms with Gasteiger partial charge >= 0.3 is 5.97 Å². The second kappa shape index (κ2) is 11.9. The van der Waals surface area contributed by atoms with Crippen LogP contribution in [0, 0.1) is 0 Å². The molecule has 2 amide bonds. The van der Waals surface area contributed by atoms with Crippen molar-refractivity contribution >= 4 is 57.7 Å². The van der Waals surface area contributed by atoms with Crippen LogP contribution in [0.5, 0.6) is 0 Å². The van der Waals surface area contributed by atoms with Crippen LogP contribution in [-0.4, -0.2) is 39.7 Å². The van der Waals surface area contributed by atoms with Crippen molar-refractivity contribution in [1.29, 1.82) is 0 Å². The summed E-state index contributed by atoms with van der Waals surface area (Å²) in [5.74, 6) is -0.923. The van der Waals surface area contributed by atoms with Crippen molar-refractivity contribution in [2.45, 2.75) is 25.1 Å². The molecule has 0 aliphatic carbocycles. The third kappa shape index (κ3) is 6.53. The molecule has 3 aromatic carbocycles. The van der Waals surface area contributed by atoms with E-state index >= 15 is 0 Å². The molecule has 1 saturated heterocycles. The highest BCUT2D eigenvalue weighted by Gasteiger charge is 2.36. The summed E-state index contributed by atoms with van der Waals surface area (Å²) < 4.78 is 5.03. The van der Waals surface area contributed by atoms with Crippen molar-refractivity contribution in [2.24, 2.45) is 4.99 Å². The minimum Gasteiger partial charge on any atom is -0.462 e. The Labute approximate surface area is 218 Å². The van der Waals surface area contributed by atoms with E-state index in [1.165, 1.54) is 11.8 Å². The van der Waals surface area contributed by atoms with Crippen LogP contribution >= 0.6 is 23.4 Å². The number of anilines is 1. The van der Waals surface area contributed by atoms with E-state index in [0.717, 1.165) is 5.56 Å². The van der Waals surface area contributed by atoms with E-state index in [2.05, 4.69) is 10.3 Å². The van der Waals surface area contributed by atoms with E-state index in [1.54, 1.807) is 60.4 Å². The normalized spacial score (nSPS) is 16.6. The number of carbonyl (C=O) groups is 3. The van der Waals surface area contributed by atoms with Gasteiger partial charge in [0.25, 0.3) is 0 Å². The molecule has 0 saturated carbocycles. The number of hydrogen-bond donors (Lipinski definition) is 1. The van der Waals surface area contributed by atoms with E-state index in [4.69, 9.17) is 16.3 Å². The molecule has 0 aromatic heterocycles. The lowest BCUT2D eigenvalue weighted by Crippen LogP contribution is -2.44. The van der Waals surface area contributed by atoms with E-state index in [-0.39, 0.29) is 24.8 Å². The van der Waals surface area contributed by atoms with Crippen LogP contribution in [0.15, 0.2) is 83.9 Å². The molecular weight excluding hydrogens is 498 g/mol. The van der Waals surface area contributed by atoms with Crippen LogP contribution in [-0.2, 0) is 20.9 Å². The third-order valence-electron chi connectivity index (χ3n) is 5.31. The van der Waals surface area contributed by atoms with Crippen molar-refractivity contribution in [1.82, 2.24) is 4.90 Å². The zero-order valence-corrected chi connectivity index (χ0v) is 21.1. The molecule has 0 bridgehead atoms. The Morgan fingerprint density at radius 2 is 1.83 bits per heavy atom. The summed E-state index contributed by atoms with van der Waals surface area (Å²) in [6, 6.07) is 23.0. The smallest absolute Gasteiger partial charge is 0.338 e. The highest BCUT2D eigenvalue weighted by molar-refractivity contribution is 8.15. The number of rotatable bonds is 7. The number of amides is 2. The van der Waals surface area contributed by atoms with Crippen molar-refractivity contribution in [3.05, 3.63) is 95.0 Å². The number of aliphatic imine (C=N–C) groups is 1. The SMILES string of the molecule is CCOC(=O)c1ccc(N=C2S[C@@H](C(=O)Nc3cccc(Cl)c3)CC(=O)N2Cc2ccccc2)cc1. The topological polar surface area (TPSA) is 88.1 Å². The molecule has 1 heterocycles. The molecule has 1 atom stereocenters. The number of halogens is 1. The first-order chi connectivity index (χ1) is 17.4. The number of amidine groups is 1. The first-order valence-corrected chi connectivity index (χ1v) is 12.6. The number of carbonyl (C=O) groups excluding carboxylic acids is 3. The van der Waals surface area contributed by atoms with Gasteiger partial charge in [0.2, 0.25) is 11.8 Å². The Bertz CT molecular complexity index is 1280. The number of nitrogens with zero attached hydrogens (tertiary/aromatic N) is 2. The molecule has 1 N–H and O–H groups in total. The van der Waals surface area contributed by atoms with Crippen molar-refractivity contribution in [2.75, 3.05) is 11.9 Å².